The Balaban J connectivity index is 2.70. The molecular weight excluding hydrogens is 224 g/mol. The molecule has 94 valence electrons. The summed E-state index contributed by atoms with van der Waals surface area (Å²) in [5.74, 6) is -1.66. The van der Waals surface area contributed by atoms with Gasteiger partial charge in [-0.2, -0.15) is 0 Å². The number of nitrogens with zero attached hydrogens (tertiary/aromatic N) is 1. The molecule has 1 aliphatic heterocycles. The molecule has 0 aliphatic carbocycles. The van der Waals surface area contributed by atoms with Crippen molar-refractivity contribution in [3.05, 3.63) is 11.6 Å². The van der Waals surface area contributed by atoms with Gasteiger partial charge in [-0.15, -0.1) is 0 Å². The average Bonchev–Trinajstić information content (AvgIpc) is 2.25. The molecule has 6 heteroatoms. The zero-order valence-corrected chi connectivity index (χ0v) is 9.90. The van der Waals surface area contributed by atoms with Crippen LogP contribution in [0.25, 0.3) is 0 Å². The summed E-state index contributed by atoms with van der Waals surface area (Å²) in [6.07, 6.45) is 1.96. The fourth-order valence-electron chi connectivity index (χ4n) is 1.60. The number of piperazine rings is 1. The van der Waals surface area contributed by atoms with Crippen molar-refractivity contribution in [1.29, 1.82) is 0 Å². The summed E-state index contributed by atoms with van der Waals surface area (Å²) in [4.78, 5) is 34.9. The van der Waals surface area contributed by atoms with Crippen molar-refractivity contribution < 1.29 is 19.5 Å². The van der Waals surface area contributed by atoms with Crippen LogP contribution in [-0.2, 0) is 14.4 Å². The van der Waals surface area contributed by atoms with E-state index < -0.39 is 12.0 Å². The Kier molecular flexibility index (Phi) is 4.39. The molecule has 0 spiro atoms. The standard InChI is InChI=1S/C11H16N2O4/c1-3-8(11(16)17)4-5-13-6-9(14)12-10(15)7(13)2/h4,7H,3,5-6H2,1-2H3,(H,16,17)(H,12,14,15). The highest BCUT2D eigenvalue weighted by Gasteiger charge is 2.29. The van der Waals surface area contributed by atoms with Gasteiger partial charge in [-0.1, -0.05) is 13.0 Å². The number of aliphatic carboxylic acids is 1. The minimum Gasteiger partial charge on any atom is -0.478 e. The molecule has 1 atom stereocenters. The number of rotatable bonds is 4. The molecule has 0 aromatic rings. The first-order valence-electron chi connectivity index (χ1n) is 5.45. The van der Waals surface area contributed by atoms with Crippen molar-refractivity contribution in [3.8, 4) is 0 Å². The monoisotopic (exact) mass is 240 g/mol. The molecule has 1 heterocycles. The topological polar surface area (TPSA) is 86.7 Å². The van der Waals surface area contributed by atoms with Gasteiger partial charge < -0.3 is 5.11 Å². The van der Waals surface area contributed by atoms with Crippen LogP contribution in [0.5, 0.6) is 0 Å². The van der Waals surface area contributed by atoms with E-state index in [0.717, 1.165) is 0 Å². The largest absolute Gasteiger partial charge is 0.478 e. The Morgan fingerprint density at radius 2 is 2.24 bits per heavy atom. The highest BCUT2D eigenvalue weighted by molar-refractivity contribution is 6.00. The summed E-state index contributed by atoms with van der Waals surface area (Å²) >= 11 is 0. The van der Waals surface area contributed by atoms with Gasteiger partial charge in [0.2, 0.25) is 11.8 Å². The van der Waals surface area contributed by atoms with Crippen LogP contribution in [0, 0.1) is 0 Å². The van der Waals surface area contributed by atoms with Gasteiger partial charge in [0.1, 0.15) is 0 Å². The molecule has 0 aromatic heterocycles. The number of hydrogen-bond donors (Lipinski definition) is 2. The number of carbonyl (C=O) groups is 3. The predicted molar refractivity (Wildman–Crippen MR) is 60.2 cm³/mol. The molecule has 2 N–H and O–H groups in total. The first-order chi connectivity index (χ1) is 7.95. The Morgan fingerprint density at radius 3 is 2.76 bits per heavy atom. The molecule has 0 aromatic carbocycles. The third-order valence-electron chi connectivity index (χ3n) is 2.76. The minimum absolute atomic E-state index is 0.111. The number of hydrogen-bond acceptors (Lipinski definition) is 4. The van der Waals surface area contributed by atoms with E-state index in [2.05, 4.69) is 5.32 Å². The van der Waals surface area contributed by atoms with Crippen molar-refractivity contribution in [1.82, 2.24) is 10.2 Å². The zero-order chi connectivity index (χ0) is 13.0. The van der Waals surface area contributed by atoms with Gasteiger partial charge >= 0.3 is 5.97 Å². The predicted octanol–water partition coefficient (Wildman–Crippen LogP) is -0.246. The van der Waals surface area contributed by atoms with Crippen molar-refractivity contribution in [2.24, 2.45) is 0 Å². The first kappa shape index (κ1) is 13.4. The highest BCUT2D eigenvalue weighted by Crippen LogP contribution is 2.07. The number of carboxylic acid groups (broad SMARTS) is 1. The second-order valence-electron chi connectivity index (χ2n) is 3.91. The van der Waals surface area contributed by atoms with E-state index in [1.165, 1.54) is 0 Å². The summed E-state index contributed by atoms with van der Waals surface area (Å²) in [5.41, 5.74) is 0.288. The first-order valence-corrected chi connectivity index (χ1v) is 5.45. The van der Waals surface area contributed by atoms with E-state index in [1.807, 2.05) is 0 Å². The van der Waals surface area contributed by atoms with Crippen molar-refractivity contribution in [2.45, 2.75) is 26.3 Å². The van der Waals surface area contributed by atoms with Crippen LogP contribution in [0.15, 0.2) is 11.6 Å². The molecule has 2 amide bonds. The summed E-state index contributed by atoms with van der Waals surface area (Å²) in [7, 11) is 0. The summed E-state index contributed by atoms with van der Waals surface area (Å²) < 4.78 is 0. The third-order valence-corrected chi connectivity index (χ3v) is 2.76. The maximum atomic E-state index is 11.4. The molecule has 0 saturated carbocycles. The minimum atomic E-state index is -0.965. The smallest absolute Gasteiger partial charge is 0.331 e. The number of imide groups is 1. The van der Waals surface area contributed by atoms with Gasteiger partial charge in [-0.05, 0) is 13.3 Å². The quantitative estimate of drug-likeness (QED) is 0.523. The number of amides is 2. The van der Waals surface area contributed by atoms with Crippen LogP contribution in [0.4, 0.5) is 0 Å². The van der Waals surface area contributed by atoms with Crippen LogP contribution < -0.4 is 5.32 Å². The lowest BCUT2D eigenvalue weighted by molar-refractivity contribution is -0.139. The number of carboxylic acids is 1. The van der Waals surface area contributed by atoms with Crippen LogP contribution in [0.1, 0.15) is 20.3 Å². The summed E-state index contributed by atoms with van der Waals surface area (Å²) in [6.45, 7) is 3.83. The lowest BCUT2D eigenvalue weighted by Crippen LogP contribution is -2.56. The normalized spacial score (nSPS) is 22.5. The fraction of sp³-hybridized carbons (Fsp3) is 0.545. The molecule has 1 unspecified atom stereocenters. The van der Waals surface area contributed by atoms with Gasteiger partial charge in [-0.25, -0.2) is 4.79 Å². The van der Waals surface area contributed by atoms with E-state index in [1.54, 1.807) is 24.8 Å². The lowest BCUT2D eigenvalue weighted by atomic mass is 10.1. The van der Waals surface area contributed by atoms with Crippen molar-refractivity contribution in [3.63, 3.8) is 0 Å². The Bertz CT molecular complexity index is 376. The molecule has 17 heavy (non-hydrogen) atoms. The molecule has 1 saturated heterocycles. The lowest BCUT2D eigenvalue weighted by Gasteiger charge is -2.30. The van der Waals surface area contributed by atoms with Gasteiger partial charge in [-0.3, -0.25) is 19.8 Å². The van der Waals surface area contributed by atoms with E-state index in [9.17, 15) is 14.4 Å². The Morgan fingerprint density at radius 1 is 1.59 bits per heavy atom. The van der Waals surface area contributed by atoms with Crippen LogP contribution in [0.2, 0.25) is 0 Å². The zero-order valence-electron chi connectivity index (χ0n) is 9.90. The van der Waals surface area contributed by atoms with Crippen LogP contribution in [0.3, 0.4) is 0 Å². The number of carbonyl (C=O) groups excluding carboxylic acids is 2. The average molecular weight is 240 g/mol. The maximum absolute atomic E-state index is 11.4. The second-order valence-corrected chi connectivity index (χ2v) is 3.91. The van der Waals surface area contributed by atoms with Crippen molar-refractivity contribution in [2.75, 3.05) is 13.1 Å². The van der Waals surface area contributed by atoms with Gasteiger partial charge in [0, 0.05) is 12.1 Å². The Hall–Kier alpha value is -1.69. The van der Waals surface area contributed by atoms with E-state index in [-0.39, 0.29) is 30.5 Å². The van der Waals surface area contributed by atoms with E-state index in [0.29, 0.717) is 6.42 Å². The molecule has 6 nitrogen and oxygen atoms in total. The van der Waals surface area contributed by atoms with Gasteiger partial charge in [0.05, 0.1) is 12.6 Å². The molecule has 1 aliphatic rings. The maximum Gasteiger partial charge on any atom is 0.331 e. The second kappa shape index (κ2) is 5.58. The molecule has 0 radical (unpaired) electrons. The molecule has 1 fully saturated rings. The van der Waals surface area contributed by atoms with Crippen LogP contribution >= 0.6 is 0 Å². The summed E-state index contributed by atoms with van der Waals surface area (Å²) in [6, 6.07) is -0.421. The Labute approximate surface area is 99.3 Å². The number of nitrogens with one attached hydrogen (secondary N) is 1. The van der Waals surface area contributed by atoms with Crippen molar-refractivity contribution >= 4 is 17.8 Å². The highest BCUT2D eigenvalue weighted by atomic mass is 16.4. The van der Waals surface area contributed by atoms with Gasteiger partial charge in [0.25, 0.3) is 0 Å². The van der Waals surface area contributed by atoms with E-state index in [4.69, 9.17) is 5.11 Å². The SMILES string of the molecule is CCC(=CCN1CC(=O)NC(=O)C1C)C(=O)O. The van der Waals surface area contributed by atoms with Crippen LogP contribution in [-0.4, -0.2) is 46.9 Å². The third kappa shape index (κ3) is 3.39. The van der Waals surface area contributed by atoms with E-state index >= 15 is 0 Å². The van der Waals surface area contributed by atoms with Gasteiger partial charge in [0.15, 0.2) is 0 Å². The molecular formula is C11H16N2O4. The molecule has 1 rings (SSSR count). The molecule has 0 bridgehead atoms. The fourth-order valence-corrected chi connectivity index (χ4v) is 1.60. The summed E-state index contributed by atoms with van der Waals surface area (Å²) in [5, 5.41) is 11.1.